The number of carbonyl (C=O) groups excluding carboxylic acids is 2. The molecule has 136 valence electrons. The second-order valence-electron chi connectivity index (χ2n) is 7.09. The lowest BCUT2D eigenvalue weighted by molar-refractivity contribution is -0.133. The second kappa shape index (κ2) is 7.44. The van der Waals surface area contributed by atoms with Crippen molar-refractivity contribution in [3.8, 4) is 0 Å². The van der Waals surface area contributed by atoms with Crippen molar-refractivity contribution < 1.29 is 14.7 Å². The van der Waals surface area contributed by atoms with E-state index in [0.29, 0.717) is 39.0 Å². The maximum absolute atomic E-state index is 12.4. The Balaban J connectivity index is 1.51. The Hall–Kier alpha value is -2.08. The molecule has 0 saturated carbocycles. The van der Waals surface area contributed by atoms with Crippen molar-refractivity contribution in [3.05, 3.63) is 35.4 Å². The average Bonchev–Trinajstić information content (AvgIpc) is 3.00. The first-order valence-corrected chi connectivity index (χ1v) is 9.09. The summed E-state index contributed by atoms with van der Waals surface area (Å²) in [6.45, 7) is 4.59. The molecule has 1 unspecified atom stereocenters. The summed E-state index contributed by atoms with van der Waals surface area (Å²) in [7, 11) is 0. The number of aliphatic hydroxyl groups is 1. The fraction of sp³-hybridized carbons (Fsp3) is 0.579. The van der Waals surface area contributed by atoms with Crippen LogP contribution in [0.1, 0.15) is 36.8 Å². The number of β-amino-alcohol motifs (C(OH)–C–C–N with tert-alkyl or cyclic N) is 1. The fourth-order valence-corrected chi connectivity index (χ4v) is 3.79. The summed E-state index contributed by atoms with van der Waals surface area (Å²) in [4.78, 5) is 27.6. The number of carbonyl (C=O) groups is 2. The van der Waals surface area contributed by atoms with E-state index in [1.807, 2.05) is 36.1 Å². The zero-order valence-electron chi connectivity index (χ0n) is 14.8. The van der Waals surface area contributed by atoms with Gasteiger partial charge in [-0.15, -0.1) is 0 Å². The van der Waals surface area contributed by atoms with Gasteiger partial charge in [0.2, 0.25) is 5.91 Å². The molecule has 6 nitrogen and oxygen atoms in total. The van der Waals surface area contributed by atoms with E-state index in [9.17, 15) is 14.7 Å². The smallest absolute Gasteiger partial charge is 0.317 e. The van der Waals surface area contributed by atoms with E-state index in [1.165, 1.54) is 0 Å². The van der Waals surface area contributed by atoms with Gasteiger partial charge in [-0.2, -0.15) is 0 Å². The number of hydrogen-bond donors (Lipinski definition) is 2. The minimum absolute atomic E-state index is 0.172. The number of aryl methyl sites for hydroxylation is 1. The van der Waals surface area contributed by atoms with Crippen molar-refractivity contribution in [2.45, 2.75) is 38.2 Å². The Labute approximate surface area is 148 Å². The zero-order chi connectivity index (χ0) is 17.9. The van der Waals surface area contributed by atoms with Crippen molar-refractivity contribution in [3.63, 3.8) is 0 Å². The Bertz CT molecular complexity index is 649. The first kappa shape index (κ1) is 17.7. The van der Waals surface area contributed by atoms with Gasteiger partial charge in [-0.05, 0) is 37.3 Å². The Kier molecular flexibility index (Phi) is 5.27. The predicted molar refractivity (Wildman–Crippen MR) is 95.1 cm³/mol. The molecule has 1 atom stereocenters. The number of urea groups is 1. The van der Waals surface area contributed by atoms with Gasteiger partial charge in [0.25, 0.3) is 0 Å². The highest BCUT2D eigenvalue weighted by atomic mass is 16.3. The molecule has 25 heavy (non-hydrogen) atoms. The standard InChI is InChI=1S/C19H27N3O3/c1-15-6-2-3-7-16(15)19(25)9-12-22(14-19)18(24)20-10-13-21-11-5-4-8-17(21)23/h2-3,6-7,25H,4-5,8-14H2,1H3,(H,20,24). The van der Waals surface area contributed by atoms with E-state index in [1.54, 1.807) is 4.90 Å². The molecule has 0 bridgehead atoms. The molecule has 2 heterocycles. The van der Waals surface area contributed by atoms with E-state index in [0.717, 1.165) is 30.5 Å². The predicted octanol–water partition coefficient (Wildman–Crippen LogP) is 1.61. The van der Waals surface area contributed by atoms with Crippen LogP contribution in [0.15, 0.2) is 24.3 Å². The lowest BCUT2D eigenvalue weighted by atomic mass is 9.89. The molecule has 2 fully saturated rings. The van der Waals surface area contributed by atoms with Gasteiger partial charge in [-0.3, -0.25) is 4.79 Å². The normalized spacial score (nSPS) is 23.8. The molecular weight excluding hydrogens is 318 g/mol. The van der Waals surface area contributed by atoms with E-state index in [2.05, 4.69) is 5.32 Å². The SMILES string of the molecule is Cc1ccccc1C1(O)CCN(C(=O)NCCN2CCCCC2=O)C1. The number of hydrogen-bond acceptors (Lipinski definition) is 3. The Morgan fingerprint density at radius 1 is 1.28 bits per heavy atom. The van der Waals surface area contributed by atoms with Crippen LogP contribution in [0.3, 0.4) is 0 Å². The molecule has 0 spiro atoms. The monoisotopic (exact) mass is 345 g/mol. The lowest BCUT2D eigenvalue weighted by Gasteiger charge is -2.28. The molecule has 0 aromatic heterocycles. The second-order valence-corrected chi connectivity index (χ2v) is 7.09. The minimum atomic E-state index is -0.981. The summed E-state index contributed by atoms with van der Waals surface area (Å²) in [5, 5.41) is 13.8. The molecule has 2 N–H and O–H groups in total. The van der Waals surface area contributed by atoms with Gasteiger partial charge < -0.3 is 20.2 Å². The summed E-state index contributed by atoms with van der Waals surface area (Å²) < 4.78 is 0. The van der Waals surface area contributed by atoms with Gasteiger partial charge in [-0.25, -0.2) is 4.79 Å². The first-order chi connectivity index (χ1) is 12.0. The van der Waals surface area contributed by atoms with Crippen molar-refractivity contribution in [1.29, 1.82) is 0 Å². The van der Waals surface area contributed by atoms with E-state index < -0.39 is 5.60 Å². The van der Waals surface area contributed by atoms with Gasteiger partial charge in [-0.1, -0.05) is 24.3 Å². The van der Waals surface area contributed by atoms with Gasteiger partial charge in [0.05, 0.1) is 6.54 Å². The third-order valence-corrected chi connectivity index (χ3v) is 5.26. The van der Waals surface area contributed by atoms with Crippen LogP contribution >= 0.6 is 0 Å². The van der Waals surface area contributed by atoms with E-state index >= 15 is 0 Å². The molecule has 2 aliphatic heterocycles. The van der Waals surface area contributed by atoms with Crippen LogP contribution in [0.4, 0.5) is 4.79 Å². The topological polar surface area (TPSA) is 72.9 Å². The number of amides is 3. The van der Waals surface area contributed by atoms with Crippen LogP contribution in [0.5, 0.6) is 0 Å². The molecule has 3 rings (SSSR count). The fourth-order valence-electron chi connectivity index (χ4n) is 3.79. The van der Waals surface area contributed by atoms with Crippen molar-refractivity contribution in [2.75, 3.05) is 32.7 Å². The van der Waals surface area contributed by atoms with Gasteiger partial charge in [0.15, 0.2) is 0 Å². The minimum Gasteiger partial charge on any atom is -0.383 e. The molecule has 3 amide bonds. The first-order valence-electron chi connectivity index (χ1n) is 9.09. The molecule has 2 aliphatic rings. The molecule has 6 heteroatoms. The molecular formula is C19H27N3O3. The number of nitrogens with zero attached hydrogens (tertiary/aromatic N) is 2. The maximum Gasteiger partial charge on any atom is 0.317 e. The number of rotatable bonds is 4. The quantitative estimate of drug-likeness (QED) is 0.871. The highest BCUT2D eigenvalue weighted by Crippen LogP contribution is 2.33. The van der Waals surface area contributed by atoms with Gasteiger partial charge in [0, 0.05) is 32.6 Å². The van der Waals surface area contributed by atoms with Crippen molar-refractivity contribution in [2.24, 2.45) is 0 Å². The average molecular weight is 345 g/mol. The molecule has 2 saturated heterocycles. The number of likely N-dealkylation sites (tertiary alicyclic amines) is 2. The highest BCUT2D eigenvalue weighted by molar-refractivity contribution is 5.77. The van der Waals surface area contributed by atoms with Crippen molar-refractivity contribution >= 4 is 11.9 Å². The maximum atomic E-state index is 12.4. The van der Waals surface area contributed by atoms with Crippen LogP contribution in [-0.2, 0) is 10.4 Å². The van der Waals surface area contributed by atoms with E-state index in [4.69, 9.17) is 0 Å². The van der Waals surface area contributed by atoms with Gasteiger partial charge in [0.1, 0.15) is 5.60 Å². The number of piperidine rings is 1. The summed E-state index contributed by atoms with van der Waals surface area (Å²) in [5.41, 5.74) is 0.950. The molecule has 1 aromatic rings. The zero-order valence-corrected chi connectivity index (χ0v) is 14.8. The Morgan fingerprint density at radius 2 is 2.08 bits per heavy atom. The van der Waals surface area contributed by atoms with Gasteiger partial charge >= 0.3 is 6.03 Å². The summed E-state index contributed by atoms with van der Waals surface area (Å²) in [5.74, 6) is 0.176. The highest BCUT2D eigenvalue weighted by Gasteiger charge is 2.40. The summed E-state index contributed by atoms with van der Waals surface area (Å²) in [6.07, 6.45) is 3.15. The third-order valence-electron chi connectivity index (χ3n) is 5.26. The van der Waals surface area contributed by atoms with Crippen molar-refractivity contribution in [1.82, 2.24) is 15.1 Å². The summed E-state index contributed by atoms with van der Waals surface area (Å²) in [6, 6.07) is 7.60. The number of nitrogens with one attached hydrogen (secondary N) is 1. The largest absolute Gasteiger partial charge is 0.383 e. The van der Waals surface area contributed by atoms with Crippen LogP contribution in [0, 0.1) is 6.92 Å². The third kappa shape index (κ3) is 3.95. The Morgan fingerprint density at radius 3 is 2.84 bits per heavy atom. The van der Waals surface area contributed by atoms with Crippen LogP contribution < -0.4 is 5.32 Å². The lowest BCUT2D eigenvalue weighted by Crippen LogP contribution is -2.45. The van der Waals surface area contributed by atoms with Crippen LogP contribution in [0.2, 0.25) is 0 Å². The van der Waals surface area contributed by atoms with Crippen LogP contribution in [-0.4, -0.2) is 59.6 Å². The van der Waals surface area contributed by atoms with Crippen LogP contribution in [0.25, 0.3) is 0 Å². The molecule has 0 aliphatic carbocycles. The summed E-state index contributed by atoms with van der Waals surface area (Å²) >= 11 is 0. The molecule has 1 aromatic carbocycles. The number of benzene rings is 1. The molecule has 0 radical (unpaired) electrons. The van der Waals surface area contributed by atoms with E-state index in [-0.39, 0.29) is 11.9 Å².